The zero-order valence-corrected chi connectivity index (χ0v) is 9.04. The third-order valence-electron chi connectivity index (χ3n) is 2.49. The van der Waals surface area contributed by atoms with Crippen molar-refractivity contribution in [3.8, 4) is 6.07 Å². The average Bonchev–Trinajstić information content (AvgIpc) is 2.30. The monoisotopic (exact) mass is 222 g/mol. The lowest BCUT2D eigenvalue weighted by molar-refractivity contribution is 0.568. The van der Waals surface area contributed by atoms with Gasteiger partial charge in [-0.2, -0.15) is 10.2 Å². The van der Waals surface area contributed by atoms with Gasteiger partial charge in [0.2, 0.25) is 5.95 Å². The van der Waals surface area contributed by atoms with Crippen LogP contribution in [0.2, 0.25) is 5.15 Å². The second-order valence-corrected chi connectivity index (χ2v) is 3.89. The summed E-state index contributed by atoms with van der Waals surface area (Å²) in [5.41, 5.74) is 0.331. The maximum atomic E-state index is 8.69. The van der Waals surface area contributed by atoms with E-state index in [0.717, 1.165) is 13.1 Å². The van der Waals surface area contributed by atoms with Gasteiger partial charge in [-0.3, -0.25) is 0 Å². The topological polar surface area (TPSA) is 52.8 Å². The summed E-state index contributed by atoms with van der Waals surface area (Å²) >= 11 is 5.85. The molecule has 1 aromatic rings. The number of rotatable bonds is 1. The Morgan fingerprint density at radius 1 is 1.33 bits per heavy atom. The Morgan fingerprint density at radius 3 is 2.67 bits per heavy atom. The minimum absolute atomic E-state index is 0.244. The van der Waals surface area contributed by atoms with Gasteiger partial charge in [-0.25, -0.2) is 4.98 Å². The standard InChI is InChI=1S/C10H11ClN4/c11-9-8(6-12)7-13-10(14-9)15-4-2-1-3-5-15/h7H,1-5H2. The van der Waals surface area contributed by atoms with Crippen LogP contribution in [0, 0.1) is 11.3 Å². The van der Waals surface area contributed by atoms with Crippen LogP contribution in [0.4, 0.5) is 5.95 Å². The molecule has 15 heavy (non-hydrogen) atoms. The summed E-state index contributed by atoms with van der Waals surface area (Å²) in [6.07, 6.45) is 5.09. The first-order chi connectivity index (χ1) is 7.31. The Morgan fingerprint density at radius 2 is 2.07 bits per heavy atom. The van der Waals surface area contributed by atoms with E-state index in [9.17, 15) is 0 Å². The SMILES string of the molecule is N#Cc1cnc(N2CCCCC2)nc1Cl. The third-order valence-corrected chi connectivity index (χ3v) is 2.78. The van der Waals surface area contributed by atoms with Crippen molar-refractivity contribution in [3.63, 3.8) is 0 Å². The van der Waals surface area contributed by atoms with Gasteiger partial charge in [0.05, 0.1) is 6.20 Å². The molecule has 1 aromatic heterocycles. The van der Waals surface area contributed by atoms with Gasteiger partial charge in [0.25, 0.3) is 0 Å². The first-order valence-corrected chi connectivity index (χ1v) is 5.36. The van der Waals surface area contributed by atoms with Crippen LogP contribution >= 0.6 is 11.6 Å². The molecule has 2 rings (SSSR count). The van der Waals surface area contributed by atoms with E-state index in [1.807, 2.05) is 6.07 Å². The van der Waals surface area contributed by atoms with E-state index >= 15 is 0 Å². The van der Waals surface area contributed by atoms with Gasteiger partial charge >= 0.3 is 0 Å². The first kappa shape index (κ1) is 10.2. The second kappa shape index (κ2) is 4.45. The number of anilines is 1. The second-order valence-electron chi connectivity index (χ2n) is 3.53. The minimum Gasteiger partial charge on any atom is -0.341 e. The Labute approximate surface area is 93.5 Å². The van der Waals surface area contributed by atoms with Gasteiger partial charge in [0, 0.05) is 13.1 Å². The highest BCUT2D eigenvalue weighted by Gasteiger charge is 2.14. The summed E-state index contributed by atoms with van der Waals surface area (Å²) in [7, 11) is 0. The van der Waals surface area contributed by atoms with Crippen molar-refractivity contribution in [3.05, 3.63) is 16.9 Å². The Bertz CT molecular complexity index is 393. The van der Waals surface area contributed by atoms with Crippen LogP contribution in [-0.4, -0.2) is 23.1 Å². The maximum absolute atomic E-state index is 8.69. The van der Waals surface area contributed by atoms with E-state index < -0.39 is 0 Å². The molecule has 4 nitrogen and oxygen atoms in total. The minimum atomic E-state index is 0.244. The molecule has 0 unspecified atom stereocenters. The molecule has 0 spiro atoms. The van der Waals surface area contributed by atoms with Gasteiger partial charge < -0.3 is 4.90 Å². The van der Waals surface area contributed by atoms with Gasteiger partial charge in [-0.1, -0.05) is 11.6 Å². The van der Waals surface area contributed by atoms with E-state index in [2.05, 4.69) is 14.9 Å². The van der Waals surface area contributed by atoms with Crippen LogP contribution < -0.4 is 4.90 Å². The summed E-state index contributed by atoms with van der Waals surface area (Å²) in [6.45, 7) is 1.95. The molecule has 1 aliphatic heterocycles. The molecule has 0 bridgehead atoms. The number of nitrogens with zero attached hydrogens (tertiary/aromatic N) is 4. The number of piperidine rings is 1. The third kappa shape index (κ3) is 2.18. The zero-order chi connectivity index (χ0) is 10.7. The number of hydrogen-bond donors (Lipinski definition) is 0. The molecular formula is C10H11ClN4. The molecular weight excluding hydrogens is 212 g/mol. The average molecular weight is 223 g/mol. The molecule has 0 amide bonds. The number of aromatic nitrogens is 2. The van der Waals surface area contributed by atoms with Crippen molar-refractivity contribution in [2.75, 3.05) is 18.0 Å². The Balaban J connectivity index is 2.22. The highest BCUT2D eigenvalue weighted by Crippen LogP contribution is 2.18. The lowest BCUT2D eigenvalue weighted by Gasteiger charge is -2.26. The molecule has 1 fully saturated rings. The van der Waals surface area contributed by atoms with Gasteiger partial charge in [0.15, 0.2) is 5.15 Å². The number of halogens is 1. The molecule has 78 valence electrons. The molecule has 5 heteroatoms. The van der Waals surface area contributed by atoms with E-state index in [4.69, 9.17) is 16.9 Å². The predicted molar refractivity (Wildman–Crippen MR) is 57.8 cm³/mol. The molecule has 2 heterocycles. The van der Waals surface area contributed by atoms with Gasteiger partial charge in [-0.15, -0.1) is 0 Å². The van der Waals surface area contributed by atoms with Gasteiger partial charge in [-0.05, 0) is 19.3 Å². The van der Waals surface area contributed by atoms with E-state index in [1.165, 1.54) is 25.5 Å². The van der Waals surface area contributed by atoms with Crippen molar-refractivity contribution in [2.24, 2.45) is 0 Å². The number of hydrogen-bond acceptors (Lipinski definition) is 4. The predicted octanol–water partition coefficient (Wildman–Crippen LogP) is 1.99. The lowest BCUT2D eigenvalue weighted by Crippen LogP contribution is -2.31. The summed E-state index contributed by atoms with van der Waals surface area (Å²) in [4.78, 5) is 10.4. The smallest absolute Gasteiger partial charge is 0.226 e. The summed E-state index contributed by atoms with van der Waals surface area (Å²) < 4.78 is 0. The lowest BCUT2D eigenvalue weighted by atomic mass is 10.1. The highest BCUT2D eigenvalue weighted by molar-refractivity contribution is 6.30. The quantitative estimate of drug-likeness (QED) is 0.682. The largest absolute Gasteiger partial charge is 0.341 e. The molecule has 0 saturated carbocycles. The van der Waals surface area contributed by atoms with Crippen LogP contribution in [0.1, 0.15) is 24.8 Å². The number of nitriles is 1. The maximum Gasteiger partial charge on any atom is 0.226 e. The van der Waals surface area contributed by atoms with Crippen LogP contribution in [0.25, 0.3) is 0 Å². The van der Waals surface area contributed by atoms with Crippen LogP contribution in [0.3, 0.4) is 0 Å². The Kier molecular flexibility index (Phi) is 3.02. The molecule has 0 atom stereocenters. The van der Waals surface area contributed by atoms with Crippen molar-refractivity contribution < 1.29 is 0 Å². The van der Waals surface area contributed by atoms with Gasteiger partial charge in [0.1, 0.15) is 11.6 Å². The molecule has 0 aromatic carbocycles. The van der Waals surface area contributed by atoms with Crippen molar-refractivity contribution in [1.82, 2.24) is 9.97 Å². The van der Waals surface area contributed by atoms with E-state index in [1.54, 1.807) is 0 Å². The van der Waals surface area contributed by atoms with Crippen LogP contribution in [-0.2, 0) is 0 Å². The molecule has 1 aliphatic rings. The fraction of sp³-hybridized carbons (Fsp3) is 0.500. The van der Waals surface area contributed by atoms with Crippen molar-refractivity contribution >= 4 is 17.5 Å². The fourth-order valence-electron chi connectivity index (χ4n) is 1.67. The fourth-order valence-corrected chi connectivity index (χ4v) is 1.84. The molecule has 0 N–H and O–H groups in total. The highest BCUT2D eigenvalue weighted by atomic mass is 35.5. The molecule has 1 saturated heterocycles. The summed E-state index contributed by atoms with van der Waals surface area (Å²) in [5, 5.41) is 8.94. The van der Waals surface area contributed by atoms with Crippen LogP contribution in [0.15, 0.2) is 6.20 Å². The summed E-state index contributed by atoms with van der Waals surface area (Å²) in [6, 6.07) is 1.95. The zero-order valence-electron chi connectivity index (χ0n) is 8.28. The summed E-state index contributed by atoms with van der Waals surface area (Å²) in [5.74, 6) is 0.638. The van der Waals surface area contributed by atoms with Crippen molar-refractivity contribution in [2.45, 2.75) is 19.3 Å². The normalized spacial score (nSPS) is 16.1. The molecule has 0 radical (unpaired) electrons. The Hall–Kier alpha value is -1.34. The molecule has 0 aliphatic carbocycles. The van der Waals surface area contributed by atoms with E-state index in [0.29, 0.717) is 11.5 Å². The van der Waals surface area contributed by atoms with Crippen LogP contribution in [0.5, 0.6) is 0 Å². The van der Waals surface area contributed by atoms with E-state index in [-0.39, 0.29) is 5.15 Å². The van der Waals surface area contributed by atoms with Crippen molar-refractivity contribution in [1.29, 1.82) is 5.26 Å². The first-order valence-electron chi connectivity index (χ1n) is 4.99.